The first-order valence-corrected chi connectivity index (χ1v) is 12.1. The van der Waals surface area contributed by atoms with Gasteiger partial charge >= 0.3 is 5.97 Å². The molecule has 1 saturated carbocycles. The lowest BCUT2D eigenvalue weighted by Crippen LogP contribution is -2.23. The highest BCUT2D eigenvalue weighted by Crippen LogP contribution is 2.39. The molecular weight excluding hydrogens is 454 g/mol. The van der Waals surface area contributed by atoms with Crippen LogP contribution in [0.1, 0.15) is 31.7 Å². The van der Waals surface area contributed by atoms with Gasteiger partial charge in [0.25, 0.3) is 5.56 Å². The number of aromatic nitrogens is 4. The number of hydrogen-bond acceptors (Lipinski definition) is 5. The Morgan fingerprint density at radius 1 is 1.00 bits per heavy atom. The first-order chi connectivity index (χ1) is 17.5. The zero-order chi connectivity index (χ0) is 24.8. The molecule has 3 N–H and O–H groups in total. The van der Waals surface area contributed by atoms with E-state index in [0.717, 1.165) is 46.1 Å². The Kier molecular flexibility index (Phi) is 5.29. The molecule has 2 aromatic carbocycles. The lowest BCUT2D eigenvalue weighted by Gasteiger charge is -2.27. The molecule has 5 aromatic rings. The van der Waals surface area contributed by atoms with Gasteiger partial charge in [-0.15, -0.1) is 0 Å². The van der Waals surface area contributed by atoms with Gasteiger partial charge < -0.3 is 15.4 Å². The number of hydrogen-bond donors (Lipinski definition) is 2. The Morgan fingerprint density at radius 3 is 2.53 bits per heavy atom. The topological polar surface area (TPSA) is 116 Å². The van der Waals surface area contributed by atoms with Crippen LogP contribution < -0.4 is 11.3 Å². The van der Waals surface area contributed by atoms with Gasteiger partial charge in [0.2, 0.25) is 0 Å². The highest BCUT2D eigenvalue weighted by molar-refractivity contribution is 6.02. The first-order valence-electron chi connectivity index (χ1n) is 12.1. The molecule has 0 amide bonds. The van der Waals surface area contributed by atoms with Crippen LogP contribution in [0, 0.1) is 5.92 Å². The van der Waals surface area contributed by atoms with E-state index in [2.05, 4.69) is 14.5 Å². The number of carbonyl (C=O) groups is 1. The van der Waals surface area contributed by atoms with E-state index in [9.17, 15) is 14.7 Å². The van der Waals surface area contributed by atoms with Gasteiger partial charge in [0.1, 0.15) is 17.8 Å². The molecule has 0 aliphatic heterocycles. The largest absolute Gasteiger partial charge is 0.481 e. The van der Waals surface area contributed by atoms with Gasteiger partial charge in [-0.1, -0.05) is 30.3 Å². The Labute approximate surface area is 206 Å². The van der Waals surface area contributed by atoms with Gasteiger partial charge in [-0.25, -0.2) is 9.97 Å². The second kappa shape index (κ2) is 8.64. The molecule has 0 spiro atoms. The van der Waals surface area contributed by atoms with Crippen LogP contribution in [0.5, 0.6) is 0 Å². The zero-order valence-corrected chi connectivity index (χ0v) is 19.5. The molecule has 3 heterocycles. The van der Waals surface area contributed by atoms with Gasteiger partial charge in [-0.3, -0.25) is 14.2 Å². The number of fused-ring (bicyclic) bond motifs is 2. The summed E-state index contributed by atoms with van der Waals surface area (Å²) in [6.07, 6.45) is 8.05. The standard InChI is InChI=1S/C28H25N5O3/c29-25-24-23(15-33(26(24)31-16-30-25)21-10-8-18(9-11-21)28(35)36)19-7-6-17-12-13-32(27(34)22(17)14-19)20-4-2-1-3-5-20/h1-7,12-16,18,21H,8-11H2,(H,35,36)(H2,29,30,31). The molecule has 8 nitrogen and oxygen atoms in total. The number of rotatable bonds is 4. The van der Waals surface area contributed by atoms with Crippen molar-refractivity contribution in [3.8, 4) is 16.8 Å². The number of anilines is 1. The monoisotopic (exact) mass is 479 g/mol. The second-order valence-electron chi connectivity index (χ2n) is 9.38. The maximum absolute atomic E-state index is 13.4. The van der Waals surface area contributed by atoms with Gasteiger partial charge in [-0.05, 0) is 60.9 Å². The van der Waals surface area contributed by atoms with Crippen molar-refractivity contribution in [3.63, 3.8) is 0 Å². The lowest BCUT2D eigenvalue weighted by molar-refractivity contribution is -0.143. The number of carboxylic acids is 1. The molecular formula is C28H25N5O3. The summed E-state index contributed by atoms with van der Waals surface area (Å²) >= 11 is 0. The van der Waals surface area contributed by atoms with Gasteiger partial charge in [0.05, 0.1) is 11.3 Å². The van der Waals surface area contributed by atoms with E-state index in [0.29, 0.717) is 24.0 Å². The van der Waals surface area contributed by atoms with Crippen molar-refractivity contribution in [2.45, 2.75) is 31.7 Å². The van der Waals surface area contributed by atoms with Crippen LogP contribution in [-0.4, -0.2) is 30.2 Å². The number of nitrogens with two attached hydrogens (primary N) is 1. The molecule has 0 radical (unpaired) electrons. The SMILES string of the molecule is Nc1ncnc2c1c(-c1ccc3ccn(-c4ccccc4)c(=O)c3c1)cn2C1CCC(C(=O)O)CC1. The minimum atomic E-state index is -0.726. The van der Waals surface area contributed by atoms with Crippen molar-refractivity contribution in [1.82, 2.24) is 19.1 Å². The number of pyridine rings is 1. The zero-order valence-electron chi connectivity index (χ0n) is 19.5. The van der Waals surface area contributed by atoms with E-state index >= 15 is 0 Å². The van der Waals surface area contributed by atoms with Crippen molar-refractivity contribution in [2.75, 3.05) is 5.73 Å². The number of aliphatic carboxylic acids is 1. The number of carboxylic acid groups (broad SMARTS) is 1. The van der Waals surface area contributed by atoms with Gasteiger partial charge in [0.15, 0.2) is 0 Å². The number of para-hydroxylation sites is 1. The molecule has 0 saturated heterocycles. The summed E-state index contributed by atoms with van der Waals surface area (Å²) in [5, 5.41) is 11.6. The van der Waals surface area contributed by atoms with E-state index in [4.69, 9.17) is 5.73 Å². The van der Waals surface area contributed by atoms with E-state index in [1.807, 2.05) is 60.8 Å². The fourth-order valence-corrected chi connectivity index (χ4v) is 5.41. The fraction of sp³-hybridized carbons (Fsp3) is 0.214. The Bertz CT molecular complexity index is 1660. The fourth-order valence-electron chi connectivity index (χ4n) is 5.41. The average Bonchev–Trinajstić information content (AvgIpc) is 3.30. The van der Waals surface area contributed by atoms with Crippen molar-refractivity contribution >= 4 is 33.6 Å². The van der Waals surface area contributed by atoms with E-state index in [1.165, 1.54) is 6.33 Å². The Balaban J connectivity index is 1.48. The highest BCUT2D eigenvalue weighted by Gasteiger charge is 2.29. The van der Waals surface area contributed by atoms with Gasteiger partial charge in [0, 0.05) is 35.1 Å². The molecule has 0 unspecified atom stereocenters. The maximum atomic E-state index is 13.4. The van der Waals surface area contributed by atoms with Crippen LogP contribution in [0.3, 0.4) is 0 Å². The summed E-state index contributed by atoms with van der Waals surface area (Å²) in [6.45, 7) is 0. The van der Waals surface area contributed by atoms with Crippen LogP contribution >= 0.6 is 0 Å². The number of benzene rings is 2. The molecule has 1 aliphatic carbocycles. The van der Waals surface area contributed by atoms with Crippen LogP contribution in [0.25, 0.3) is 38.6 Å². The molecule has 0 bridgehead atoms. The summed E-state index contributed by atoms with van der Waals surface area (Å²) in [6, 6.07) is 17.5. The van der Waals surface area contributed by atoms with Crippen LogP contribution in [-0.2, 0) is 4.79 Å². The van der Waals surface area contributed by atoms with Crippen LogP contribution in [0.15, 0.2) is 78.1 Å². The number of nitrogens with zero attached hydrogens (tertiary/aromatic N) is 4. The van der Waals surface area contributed by atoms with Crippen molar-refractivity contribution in [1.29, 1.82) is 0 Å². The highest BCUT2D eigenvalue weighted by atomic mass is 16.4. The van der Waals surface area contributed by atoms with E-state index in [-0.39, 0.29) is 17.5 Å². The molecule has 36 heavy (non-hydrogen) atoms. The summed E-state index contributed by atoms with van der Waals surface area (Å²) in [5.41, 5.74) is 9.49. The number of nitrogen functional groups attached to an aromatic ring is 1. The van der Waals surface area contributed by atoms with Crippen molar-refractivity contribution in [3.05, 3.63) is 83.7 Å². The Hall–Kier alpha value is -4.46. The third-order valence-corrected chi connectivity index (χ3v) is 7.33. The predicted octanol–water partition coefficient (Wildman–Crippen LogP) is 4.80. The predicted molar refractivity (Wildman–Crippen MR) is 139 cm³/mol. The molecule has 180 valence electrons. The third kappa shape index (κ3) is 3.62. The summed E-state index contributed by atoms with van der Waals surface area (Å²) in [4.78, 5) is 33.6. The quantitative estimate of drug-likeness (QED) is 0.382. The van der Waals surface area contributed by atoms with Crippen molar-refractivity contribution < 1.29 is 9.90 Å². The molecule has 0 atom stereocenters. The molecule has 1 aliphatic rings. The molecule has 8 heteroatoms. The molecule has 3 aromatic heterocycles. The van der Waals surface area contributed by atoms with Crippen LogP contribution in [0.2, 0.25) is 0 Å². The average molecular weight is 480 g/mol. The van der Waals surface area contributed by atoms with Gasteiger partial charge in [-0.2, -0.15) is 0 Å². The van der Waals surface area contributed by atoms with E-state index < -0.39 is 5.97 Å². The lowest BCUT2D eigenvalue weighted by atomic mass is 9.86. The van der Waals surface area contributed by atoms with Crippen LogP contribution in [0.4, 0.5) is 5.82 Å². The summed E-state index contributed by atoms with van der Waals surface area (Å²) in [5.74, 6) is -0.646. The smallest absolute Gasteiger partial charge is 0.306 e. The minimum Gasteiger partial charge on any atom is -0.481 e. The maximum Gasteiger partial charge on any atom is 0.306 e. The normalized spacial score (nSPS) is 18.0. The first kappa shape index (κ1) is 22.0. The summed E-state index contributed by atoms with van der Waals surface area (Å²) < 4.78 is 3.76. The van der Waals surface area contributed by atoms with E-state index in [1.54, 1.807) is 10.8 Å². The molecule has 1 fully saturated rings. The second-order valence-corrected chi connectivity index (χ2v) is 9.38. The Morgan fingerprint density at radius 2 is 1.78 bits per heavy atom. The summed E-state index contributed by atoms with van der Waals surface area (Å²) in [7, 11) is 0. The van der Waals surface area contributed by atoms with Crippen molar-refractivity contribution in [2.24, 2.45) is 5.92 Å². The minimum absolute atomic E-state index is 0.0968. The molecule has 6 rings (SSSR count). The third-order valence-electron chi connectivity index (χ3n) is 7.33.